The summed E-state index contributed by atoms with van der Waals surface area (Å²) in [5, 5.41) is 0. The molecule has 4 atom stereocenters. The molecule has 1 saturated heterocycles. The van der Waals surface area contributed by atoms with Crippen molar-refractivity contribution in [2.45, 2.75) is 25.7 Å². The molecule has 2 saturated carbocycles. The first-order chi connectivity index (χ1) is 13.6. The molecular weight excluding hydrogens is 354 g/mol. The van der Waals surface area contributed by atoms with Crippen LogP contribution in [0.5, 0.6) is 5.75 Å². The smallest absolute Gasteiger partial charge is 0.315 e. The van der Waals surface area contributed by atoms with Crippen LogP contribution in [-0.2, 0) is 20.8 Å². The Hall–Kier alpha value is -2.95. The Morgan fingerprint density at radius 3 is 2.29 bits per heavy atom. The third-order valence-electron chi connectivity index (χ3n) is 6.43. The average Bonchev–Trinajstić information content (AvgIpc) is 3.36. The Morgan fingerprint density at radius 2 is 1.61 bits per heavy atom. The van der Waals surface area contributed by atoms with Crippen LogP contribution in [0.3, 0.4) is 0 Å². The van der Waals surface area contributed by atoms with Crippen molar-refractivity contribution >= 4 is 23.5 Å². The van der Waals surface area contributed by atoms with Crippen molar-refractivity contribution in [2.75, 3.05) is 4.90 Å². The first-order valence-electron chi connectivity index (χ1n) is 9.84. The lowest BCUT2D eigenvalue weighted by Crippen LogP contribution is -2.32. The highest BCUT2D eigenvalue weighted by molar-refractivity contribution is 6.22. The fourth-order valence-corrected chi connectivity index (χ4v) is 5.28. The minimum Gasteiger partial charge on any atom is -0.426 e. The Kier molecular flexibility index (Phi) is 4.04. The van der Waals surface area contributed by atoms with Crippen molar-refractivity contribution in [2.24, 2.45) is 23.7 Å². The number of amides is 2. The number of rotatable bonds is 4. The molecule has 0 aromatic heterocycles. The second kappa shape index (κ2) is 6.59. The quantitative estimate of drug-likeness (QED) is 0.467. The van der Waals surface area contributed by atoms with Crippen LogP contribution in [0.2, 0.25) is 0 Å². The second-order valence-corrected chi connectivity index (χ2v) is 8.03. The van der Waals surface area contributed by atoms with Crippen molar-refractivity contribution < 1.29 is 19.1 Å². The molecule has 3 fully saturated rings. The van der Waals surface area contributed by atoms with Gasteiger partial charge in [0.2, 0.25) is 11.8 Å². The zero-order valence-electron chi connectivity index (χ0n) is 15.4. The highest BCUT2D eigenvalue weighted by Gasteiger charge is 2.61. The van der Waals surface area contributed by atoms with Gasteiger partial charge in [-0.3, -0.25) is 14.4 Å². The zero-order valence-corrected chi connectivity index (χ0v) is 15.4. The van der Waals surface area contributed by atoms with E-state index in [0.717, 1.165) is 24.8 Å². The number of imide groups is 1. The molecule has 2 aliphatic carbocycles. The molecule has 0 radical (unpaired) electrons. The van der Waals surface area contributed by atoms with Gasteiger partial charge in [-0.15, -0.1) is 0 Å². The van der Waals surface area contributed by atoms with E-state index in [1.165, 1.54) is 4.90 Å². The van der Waals surface area contributed by atoms with E-state index in [1.807, 2.05) is 30.3 Å². The molecular formula is C23H21NO4. The lowest BCUT2D eigenvalue weighted by Gasteiger charge is -2.19. The maximum Gasteiger partial charge on any atom is 0.315 e. The van der Waals surface area contributed by atoms with Gasteiger partial charge in [-0.25, -0.2) is 4.90 Å². The summed E-state index contributed by atoms with van der Waals surface area (Å²) in [7, 11) is 0. The topological polar surface area (TPSA) is 63.7 Å². The minimum absolute atomic E-state index is 0.0880. The van der Waals surface area contributed by atoms with Gasteiger partial charge in [0.1, 0.15) is 5.75 Å². The van der Waals surface area contributed by atoms with E-state index in [-0.39, 0.29) is 36.0 Å². The summed E-state index contributed by atoms with van der Waals surface area (Å²) >= 11 is 0. The molecule has 2 amide bonds. The molecule has 4 unspecified atom stereocenters. The van der Waals surface area contributed by atoms with E-state index >= 15 is 0 Å². The van der Waals surface area contributed by atoms with E-state index in [1.54, 1.807) is 24.3 Å². The van der Waals surface area contributed by atoms with Crippen LogP contribution in [0, 0.1) is 23.7 Å². The number of esters is 1. The standard InChI is InChI=1S/C23H21NO4/c25-19(11-14-5-2-1-3-6-14)28-18-8-4-7-17(13-18)24-22(26)20-15-9-10-16(12-15)21(20)23(24)27/h1-8,13,15-16,20-21H,9-12H2. The van der Waals surface area contributed by atoms with Gasteiger partial charge in [-0.2, -0.15) is 0 Å². The van der Waals surface area contributed by atoms with Gasteiger partial charge in [-0.1, -0.05) is 36.4 Å². The van der Waals surface area contributed by atoms with Crippen LogP contribution < -0.4 is 9.64 Å². The van der Waals surface area contributed by atoms with Crippen LogP contribution in [0.1, 0.15) is 24.8 Å². The highest BCUT2D eigenvalue weighted by Crippen LogP contribution is 2.56. The molecule has 142 valence electrons. The Bertz CT molecular complexity index is 926. The molecule has 0 spiro atoms. The summed E-state index contributed by atoms with van der Waals surface area (Å²) in [6, 6.07) is 16.1. The molecule has 0 N–H and O–H groups in total. The van der Waals surface area contributed by atoms with Crippen molar-refractivity contribution in [1.82, 2.24) is 0 Å². The Balaban J connectivity index is 1.34. The molecule has 2 bridgehead atoms. The molecule has 28 heavy (non-hydrogen) atoms. The predicted molar refractivity (Wildman–Crippen MR) is 103 cm³/mol. The zero-order chi connectivity index (χ0) is 19.3. The van der Waals surface area contributed by atoms with Crippen LogP contribution in [0.4, 0.5) is 5.69 Å². The monoisotopic (exact) mass is 375 g/mol. The first kappa shape index (κ1) is 17.2. The summed E-state index contributed by atoms with van der Waals surface area (Å²) in [5.74, 6) is 0.180. The average molecular weight is 375 g/mol. The van der Waals surface area contributed by atoms with Gasteiger partial charge in [-0.05, 0) is 48.8 Å². The van der Waals surface area contributed by atoms with Gasteiger partial charge in [0, 0.05) is 6.07 Å². The molecule has 5 rings (SSSR count). The molecule has 5 nitrogen and oxygen atoms in total. The third kappa shape index (κ3) is 2.73. The molecule has 3 aliphatic rings. The van der Waals surface area contributed by atoms with Crippen molar-refractivity contribution in [3.8, 4) is 5.75 Å². The van der Waals surface area contributed by atoms with E-state index < -0.39 is 0 Å². The number of hydrogen-bond acceptors (Lipinski definition) is 4. The molecule has 1 heterocycles. The maximum atomic E-state index is 13.0. The van der Waals surface area contributed by atoms with Gasteiger partial charge < -0.3 is 4.74 Å². The highest BCUT2D eigenvalue weighted by atomic mass is 16.5. The van der Waals surface area contributed by atoms with Crippen molar-refractivity contribution in [1.29, 1.82) is 0 Å². The molecule has 2 aromatic carbocycles. The van der Waals surface area contributed by atoms with E-state index in [2.05, 4.69) is 0 Å². The summed E-state index contributed by atoms with van der Waals surface area (Å²) in [5.41, 5.74) is 1.37. The number of nitrogens with zero attached hydrogens (tertiary/aromatic N) is 1. The van der Waals surface area contributed by atoms with Crippen LogP contribution >= 0.6 is 0 Å². The van der Waals surface area contributed by atoms with Gasteiger partial charge in [0.05, 0.1) is 23.9 Å². The SMILES string of the molecule is O=C(Cc1ccccc1)Oc1cccc(N2C(=O)C3C4CCC(C4)C3C2=O)c1. The van der Waals surface area contributed by atoms with E-state index in [0.29, 0.717) is 23.3 Å². The van der Waals surface area contributed by atoms with Crippen LogP contribution in [0.15, 0.2) is 54.6 Å². The summed E-state index contributed by atoms with van der Waals surface area (Å²) in [6.45, 7) is 0. The second-order valence-electron chi connectivity index (χ2n) is 8.03. The molecule has 1 aliphatic heterocycles. The number of ether oxygens (including phenoxy) is 1. The normalized spacial score (nSPS) is 27.9. The number of anilines is 1. The first-order valence-corrected chi connectivity index (χ1v) is 9.84. The number of benzene rings is 2. The number of carbonyl (C=O) groups is 3. The fourth-order valence-electron chi connectivity index (χ4n) is 5.28. The Morgan fingerprint density at radius 1 is 0.929 bits per heavy atom. The number of fused-ring (bicyclic) bond motifs is 5. The van der Waals surface area contributed by atoms with Gasteiger partial charge in [0.15, 0.2) is 0 Å². The lowest BCUT2D eigenvalue weighted by atomic mass is 9.81. The fraction of sp³-hybridized carbons (Fsp3) is 0.348. The third-order valence-corrected chi connectivity index (χ3v) is 6.43. The number of carbonyl (C=O) groups excluding carboxylic acids is 3. The van der Waals surface area contributed by atoms with Crippen molar-refractivity contribution in [3.63, 3.8) is 0 Å². The lowest BCUT2D eigenvalue weighted by molar-refractivity contribution is -0.133. The molecule has 2 aromatic rings. The summed E-state index contributed by atoms with van der Waals surface area (Å²) in [6.07, 6.45) is 3.28. The Labute approximate surface area is 163 Å². The largest absolute Gasteiger partial charge is 0.426 e. The van der Waals surface area contributed by atoms with E-state index in [4.69, 9.17) is 4.74 Å². The number of hydrogen-bond donors (Lipinski definition) is 0. The predicted octanol–water partition coefficient (Wildman–Crippen LogP) is 3.37. The van der Waals surface area contributed by atoms with Crippen LogP contribution in [0.25, 0.3) is 0 Å². The summed E-state index contributed by atoms with van der Waals surface area (Å²) in [4.78, 5) is 39.5. The van der Waals surface area contributed by atoms with Gasteiger partial charge in [0.25, 0.3) is 0 Å². The van der Waals surface area contributed by atoms with Gasteiger partial charge >= 0.3 is 5.97 Å². The summed E-state index contributed by atoms with van der Waals surface area (Å²) < 4.78 is 5.45. The van der Waals surface area contributed by atoms with Crippen LogP contribution in [-0.4, -0.2) is 17.8 Å². The van der Waals surface area contributed by atoms with Crippen molar-refractivity contribution in [3.05, 3.63) is 60.2 Å². The van der Waals surface area contributed by atoms with E-state index in [9.17, 15) is 14.4 Å². The molecule has 5 heteroatoms. The minimum atomic E-state index is -0.377. The maximum absolute atomic E-state index is 13.0.